The highest BCUT2D eigenvalue weighted by molar-refractivity contribution is 7.16. The molecule has 1 fully saturated rings. The van der Waals surface area contributed by atoms with Crippen molar-refractivity contribution in [1.29, 1.82) is 0 Å². The number of carbonyl (C=O) groups is 1. The normalized spacial score (nSPS) is 19.5. The molecule has 0 bridgehead atoms. The lowest BCUT2D eigenvalue weighted by Gasteiger charge is -2.24. The average molecular weight is 235 g/mol. The summed E-state index contributed by atoms with van der Waals surface area (Å²) in [6.45, 7) is 0.853. The second kappa shape index (κ2) is 3.94. The Balaban J connectivity index is 1.89. The first-order valence-corrected chi connectivity index (χ1v) is 6.41. The average Bonchev–Trinajstić information content (AvgIpc) is 2.73. The SMILES string of the molecule is O=C1CCCCN1c1cc2c(s1)CC=CO2. The summed E-state index contributed by atoms with van der Waals surface area (Å²) in [5.41, 5.74) is 0. The number of amides is 1. The molecule has 3 heterocycles. The Kier molecular flexibility index (Phi) is 2.44. The summed E-state index contributed by atoms with van der Waals surface area (Å²) in [7, 11) is 0. The maximum atomic E-state index is 11.8. The van der Waals surface area contributed by atoms with Gasteiger partial charge in [-0.2, -0.15) is 0 Å². The van der Waals surface area contributed by atoms with Crippen LogP contribution in [0, 0.1) is 0 Å². The monoisotopic (exact) mass is 235 g/mol. The molecule has 0 unspecified atom stereocenters. The zero-order valence-corrected chi connectivity index (χ0v) is 9.76. The lowest BCUT2D eigenvalue weighted by Crippen LogP contribution is -2.34. The third-order valence-electron chi connectivity index (χ3n) is 2.94. The first-order chi connectivity index (χ1) is 7.84. The van der Waals surface area contributed by atoms with Gasteiger partial charge in [-0.3, -0.25) is 4.79 Å². The topological polar surface area (TPSA) is 29.5 Å². The highest BCUT2D eigenvalue weighted by atomic mass is 32.1. The van der Waals surface area contributed by atoms with Crippen molar-refractivity contribution in [2.24, 2.45) is 0 Å². The Labute approximate surface area is 98.3 Å². The Morgan fingerprint density at radius 2 is 2.31 bits per heavy atom. The largest absolute Gasteiger partial charge is 0.464 e. The second-order valence-electron chi connectivity index (χ2n) is 4.07. The number of hydrogen-bond donors (Lipinski definition) is 0. The highest BCUT2D eigenvalue weighted by Gasteiger charge is 2.23. The van der Waals surface area contributed by atoms with Crippen LogP contribution in [0.5, 0.6) is 5.75 Å². The van der Waals surface area contributed by atoms with Gasteiger partial charge in [0.15, 0.2) is 0 Å². The van der Waals surface area contributed by atoms with Crippen LogP contribution in [0.15, 0.2) is 18.4 Å². The lowest BCUT2D eigenvalue weighted by molar-refractivity contribution is -0.119. The summed E-state index contributed by atoms with van der Waals surface area (Å²) < 4.78 is 5.42. The fourth-order valence-electron chi connectivity index (χ4n) is 2.09. The van der Waals surface area contributed by atoms with E-state index in [9.17, 15) is 4.79 Å². The van der Waals surface area contributed by atoms with Crippen LogP contribution in [0.3, 0.4) is 0 Å². The minimum atomic E-state index is 0.248. The zero-order valence-electron chi connectivity index (χ0n) is 8.94. The van der Waals surface area contributed by atoms with Crippen molar-refractivity contribution in [2.45, 2.75) is 25.7 Å². The molecule has 2 aliphatic rings. The molecule has 16 heavy (non-hydrogen) atoms. The van der Waals surface area contributed by atoms with Gasteiger partial charge in [0.05, 0.1) is 11.1 Å². The van der Waals surface area contributed by atoms with E-state index in [4.69, 9.17) is 4.74 Å². The molecule has 84 valence electrons. The lowest BCUT2D eigenvalue weighted by atomic mass is 10.1. The molecular formula is C12H13NO2S. The Bertz CT molecular complexity index is 424. The van der Waals surface area contributed by atoms with Crippen LogP contribution < -0.4 is 9.64 Å². The molecule has 1 aromatic rings. The molecule has 1 amide bonds. The number of piperidine rings is 1. The number of rotatable bonds is 1. The molecule has 1 aromatic heterocycles. The number of fused-ring (bicyclic) bond motifs is 1. The van der Waals surface area contributed by atoms with Gasteiger partial charge in [-0.05, 0) is 18.9 Å². The van der Waals surface area contributed by atoms with Crippen LogP contribution in [0.2, 0.25) is 0 Å². The minimum Gasteiger partial charge on any atom is -0.464 e. The molecule has 2 aliphatic heterocycles. The fraction of sp³-hybridized carbons (Fsp3) is 0.417. The molecule has 0 aliphatic carbocycles. The van der Waals surface area contributed by atoms with Crippen molar-refractivity contribution >= 4 is 22.2 Å². The summed E-state index contributed by atoms with van der Waals surface area (Å²) in [5.74, 6) is 1.17. The van der Waals surface area contributed by atoms with Crippen molar-refractivity contribution in [1.82, 2.24) is 0 Å². The van der Waals surface area contributed by atoms with Crippen LogP contribution in [-0.2, 0) is 11.2 Å². The van der Waals surface area contributed by atoms with Gasteiger partial charge >= 0.3 is 0 Å². The Morgan fingerprint density at radius 3 is 3.12 bits per heavy atom. The molecule has 1 saturated heterocycles. The van der Waals surface area contributed by atoms with E-state index < -0.39 is 0 Å². The number of ether oxygens (including phenoxy) is 1. The van der Waals surface area contributed by atoms with Crippen LogP contribution in [0.4, 0.5) is 5.00 Å². The quantitative estimate of drug-likeness (QED) is 0.749. The number of thiophene rings is 1. The van der Waals surface area contributed by atoms with Crippen LogP contribution in [0.25, 0.3) is 0 Å². The number of carbonyl (C=O) groups excluding carboxylic acids is 1. The van der Waals surface area contributed by atoms with Crippen molar-refractivity contribution < 1.29 is 9.53 Å². The predicted molar refractivity (Wildman–Crippen MR) is 64.0 cm³/mol. The molecular weight excluding hydrogens is 222 g/mol. The van der Waals surface area contributed by atoms with Crippen molar-refractivity contribution in [3.8, 4) is 5.75 Å². The number of allylic oxidation sites excluding steroid dienone is 1. The van der Waals surface area contributed by atoms with Crippen LogP contribution in [0.1, 0.15) is 24.1 Å². The summed E-state index contributed by atoms with van der Waals surface area (Å²) in [5, 5.41) is 1.04. The molecule has 3 nitrogen and oxygen atoms in total. The fourth-order valence-corrected chi connectivity index (χ4v) is 3.20. The first kappa shape index (κ1) is 9.90. The molecule has 0 radical (unpaired) electrons. The molecule has 0 N–H and O–H groups in total. The van der Waals surface area contributed by atoms with Crippen molar-refractivity contribution in [2.75, 3.05) is 11.4 Å². The third-order valence-corrected chi connectivity index (χ3v) is 4.10. The molecule has 0 spiro atoms. The van der Waals surface area contributed by atoms with Gasteiger partial charge in [-0.25, -0.2) is 0 Å². The van der Waals surface area contributed by atoms with Gasteiger partial charge < -0.3 is 9.64 Å². The minimum absolute atomic E-state index is 0.248. The van der Waals surface area contributed by atoms with E-state index in [2.05, 4.69) is 0 Å². The second-order valence-corrected chi connectivity index (χ2v) is 5.18. The van der Waals surface area contributed by atoms with E-state index >= 15 is 0 Å². The summed E-state index contributed by atoms with van der Waals surface area (Å²) in [6, 6.07) is 1.99. The molecule has 3 rings (SSSR count). The van der Waals surface area contributed by atoms with Crippen LogP contribution >= 0.6 is 11.3 Å². The number of hydrogen-bond acceptors (Lipinski definition) is 3. The van der Waals surface area contributed by atoms with E-state index in [1.165, 1.54) is 4.88 Å². The van der Waals surface area contributed by atoms with Crippen LogP contribution in [-0.4, -0.2) is 12.5 Å². The maximum Gasteiger partial charge on any atom is 0.227 e. The van der Waals surface area contributed by atoms with Gasteiger partial charge in [0.1, 0.15) is 10.8 Å². The Morgan fingerprint density at radius 1 is 1.38 bits per heavy atom. The summed E-state index contributed by atoms with van der Waals surface area (Å²) >= 11 is 1.67. The van der Waals surface area contributed by atoms with Gasteiger partial charge in [0.25, 0.3) is 0 Å². The zero-order chi connectivity index (χ0) is 11.0. The molecule has 0 saturated carbocycles. The predicted octanol–water partition coefficient (Wildman–Crippen LogP) is 2.71. The molecule has 0 atom stereocenters. The van der Waals surface area contributed by atoms with E-state index in [0.29, 0.717) is 6.42 Å². The van der Waals surface area contributed by atoms with Gasteiger partial charge in [-0.15, -0.1) is 11.3 Å². The van der Waals surface area contributed by atoms with Crippen molar-refractivity contribution in [3.05, 3.63) is 23.3 Å². The van der Waals surface area contributed by atoms with E-state index in [1.807, 2.05) is 17.0 Å². The smallest absolute Gasteiger partial charge is 0.227 e. The Hall–Kier alpha value is -1.29. The number of anilines is 1. The van der Waals surface area contributed by atoms with Gasteiger partial charge in [-0.1, -0.05) is 0 Å². The summed E-state index contributed by atoms with van der Waals surface area (Å²) in [6.07, 6.45) is 7.45. The molecule has 4 heteroatoms. The summed E-state index contributed by atoms with van der Waals surface area (Å²) in [4.78, 5) is 14.9. The van der Waals surface area contributed by atoms with E-state index in [1.54, 1.807) is 17.6 Å². The first-order valence-electron chi connectivity index (χ1n) is 5.59. The van der Waals surface area contributed by atoms with Gasteiger partial charge in [0, 0.05) is 25.5 Å². The maximum absolute atomic E-state index is 11.8. The standard InChI is InChI=1S/C12H13NO2S/c14-11-5-1-2-6-13(11)12-8-9-10(16-12)4-3-7-15-9/h3,7-8H,1-2,4-6H2. The van der Waals surface area contributed by atoms with E-state index in [0.717, 1.165) is 36.6 Å². The third kappa shape index (κ3) is 1.63. The number of nitrogens with zero attached hydrogens (tertiary/aromatic N) is 1. The molecule has 0 aromatic carbocycles. The highest BCUT2D eigenvalue weighted by Crippen LogP contribution is 2.39. The van der Waals surface area contributed by atoms with Crippen molar-refractivity contribution in [3.63, 3.8) is 0 Å². The van der Waals surface area contributed by atoms with E-state index in [-0.39, 0.29) is 5.91 Å². The van der Waals surface area contributed by atoms with Gasteiger partial charge in [0.2, 0.25) is 5.91 Å².